The first-order valence-corrected chi connectivity index (χ1v) is 9.49. The van der Waals surface area contributed by atoms with E-state index < -0.39 is 5.82 Å². The van der Waals surface area contributed by atoms with Gasteiger partial charge in [-0.2, -0.15) is 0 Å². The molecule has 1 fully saturated rings. The third-order valence-electron chi connectivity index (χ3n) is 4.84. The number of halogens is 1. The van der Waals surface area contributed by atoms with Crippen molar-refractivity contribution in [3.8, 4) is 5.69 Å². The van der Waals surface area contributed by atoms with E-state index in [0.717, 1.165) is 0 Å². The Bertz CT molecular complexity index is 1030. The van der Waals surface area contributed by atoms with Crippen molar-refractivity contribution in [2.75, 3.05) is 38.0 Å². The van der Waals surface area contributed by atoms with Gasteiger partial charge in [0.05, 0.1) is 12.2 Å². The van der Waals surface area contributed by atoms with Gasteiger partial charge in [-0.05, 0) is 46.8 Å². The highest BCUT2D eigenvalue weighted by molar-refractivity contribution is 5.95. The summed E-state index contributed by atoms with van der Waals surface area (Å²) in [7, 11) is 0. The zero-order valence-electron chi connectivity index (χ0n) is 16.1. The summed E-state index contributed by atoms with van der Waals surface area (Å²) in [5.74, 6) is -0.688. The van der Waals surface area contributed by atoms with Crippen molar-refractivity contribution in [3.63, 3.8) is 0 Å². The number of carbonyl (C=O) groups excluding carboxylic acids is 2. The first-order chi connectivity index (χ1) is 14.6. The quantitative estimate of drug-likeness (QED) is 0.680. The standard InChI is InChI=1S/C20H20FN7O2/c21-16-4-2-5-17(12-16)23-19(29)13-26-7-9-27(10-8-26)20(30)15-3-1-6-18(11-15)28-14-22-24-25-28/h1-6,11-12,14H,7-10,13H2,(H,23,29). The number of rotatable bonds is 5. The Morgan fingerprint density at radius 2 is 1.83 bits per heavy atom. The van der Waals surface area contributed by atoms with Crippen molar-refractivity contribution in [1.29, 1.82) is 0 Å². The van der Waals surface area contributed by atoms with Gasteiger partial charge in [-0.25, -0.2) is 9.07 Å². The third-order valence-corrected chi connectivity index (χ3v) is 4.84. The van der Waals surface area contributed by atoms with E-state index in [1.165, 1.54) is 23.1 Å². The van der Waals surface area contributed by atoms with E-state index in [9.17, 15) is 14.0 Å². The average Bonchev–Trinajstić information content (AvgIpc) is 3.29. The first kappa shape index (κ1) is 19.6. The zero-order valence-corrected chi connectivity index (χ0v) is 16.1. The number of piperazine rings is 1. The lowest BCUT2D eigenvalue weighted by molar-refractivity contribution is -0.117. The fourth-order valence-electron chi connectivity index (χ4n) is 3.32. The van der Waals surface area contributed by atoms with E-state index in [-0.39, 0.29) is 18.4 Å². The molecule has 0 spiro atoms. The van der Waals surface area contributed by atoms with Gasteiger partial charge >= 0.3 is 0 Å². The van der Waals surface area contributed by atoms with Crippen LogP contribution in [0.3, 0.4) is 0 Å². The molecule has 0 radical (unpaired) electrons. The topological polar surface area (TPSA) is 96.3 Å². The predicted octanol–water partition coefficient (Wildman–Crippen LogP) is 1.20. The molecule has 30 heavy (non-hydrogen) atoms. The maximum atomic E-state index is 13.2. The molecule has 9 nitrogen and oxygen atoms in total. The molecule has 0 saturated carbocycles. The summed E-state index contributed by atoms with van der Waals surface area (Å²) in [6.45, 7) is 2.37. The van der Waals surface area contributed by atoms with Crippen LogP contribution in [0.4, 0.5) is 10.1 Å². The Kier molecular flexibility index (Phi) is 5.75. The first-order valence-electron chi connectivity index (χ1n) is 9.49. The van der Waals surface area contributed by atoms with Crippen LogP contribution >= 0.6 is 0 Å². The molecule has 2 heterocycles. The summed E-state index contributed by atoms with van der Waals surface area (Å²) in [6.07, 6.45) is 1.47. The number of nitrogens with zero attached hydrogens (tertiary/aromatic N) is 6. The molecule has 154 valence electrons. The number of aromatic nitrogens is 4. The SMILES string of the molecule is O=C(CN1CCN(C(=O)c2cccc(-n3cnnn3)c2)CC1)Nc1cccc(F)c1. The number of tetrazole rings is 1. The molecule has 1 N–H and O–H groups in total. The molecule has 4 rings (SSSR count). The van der Waals surface area contributed by atoms with Crippen molar-refractivity contribution in [3.05, 3.63) is 66.2 Å². The molecule has 1 aliphatic rings. The maximum Gasteiger partial charge on any atom is 0.254 e. The van der Waals surface area contributed by atoms with E-state index >= 15 is 0 Å². The normalized spacial score (nSPS) is 14.5. The van der Waals surface area contributed by atoms with Crippen molar-refractivity contribution >= 4 is 17.5 Å². The summed E-state index contributed by atoms with van der Waals surface area (Å²) in [6, 6.07) is 12.9. The van der Waals surface area contributed by atoms with E-state index in [0.29, 0.717) is 43.1 Å². The number of amides is 2. The molecular weight excluding hydrogens is 389 g/mol. The van der Waals surface area contributed by atoms with Crippen LogP contribution in [0, 0.1) is 5.82 Å². The lowest BCUT2D eigenvalue weighted by Crippen LogP contribution is -2.50. The second-order valence-corrected chi connectivity index (χ2v) is 6.93. The number of carbonyl (C=O) groups is 2. The second-order valence-electron chi connectivity index (χ2n) is 6.93. The van der Waals surface area contributed by atoms with Crippen LogP contribution in [0.25, 0.3) is 5.69 Å². The Morgan fingerprint density at radius 3 is 2.57 bits per heavy atom. The fourth-order valence-corrected chi connectivity index (χ4v) is 3.32. The van der Waals surface area contributed by atoms with Crippen molar-refractivity contribution < 1.29 is 14.0 Å². The fraction of sp³-hybridized carbons (Fsp3) is 0.250. The van der Waals surface area contributed by atoms with Crippen LogP contribution in [0.2, 0.25) is 0 Å². The Balaban J connectivity index is 1.30. The second kappa shape index (κ2) is 8.78. The summed E-state index contributed by atoms with van der Waals surface area (Å²) in [5, 5.41) is 13.7. The molecule has 3 aromatic rings. The van der Waals surface area contributed by atoms with Gasteiger partial charge in [-0.3, -0.25) is 14.5 Å². The van der Waals surface area contributed by atoms with Crippen LogP contribution in [0.15, 0.2) is 54.9 Å². The van der Waals surface area contributed by atoms with Gasteiger partial charge in [0.2, 0.25) is 5.91 Å². The number of anilines is 1. The summed E-state index contributed by atoms with van der Waals surface area (Å²) in [4.78, 5) is 28.8. The molecule has 1 aromatic heterocycles. The smallest absolute Gasteiger partial charge is 0.254 e. The maximum absolute atomic E-state index is 13.2. The van der Waals surface area contributed by atoms with Gasteiger partial charge in [0.1, 0.15) is 12.1 Å². The van der Waals surface area contributed by atoms with E-state index in [4.69, 9.17) is 0 Å². The molecule has 1 saturated heterocycles. The van der Waals surface area contributed by atoms with Crippen LogP contribution in [0.5, 0.6) is 0 Å². The largest absolute Gasteiger partial charge is 0.336 e. The van der Waals surface area contributed by atoms with Crippen molar-refractivity contribution in [1.82, 2.24) is 30.0 Å². The van der Waals surface area contributed by atoms with Gasteiger partial charge in [-0.1, -0.05) is 12.1 Å². The van der Waals surface area contributed by atoms with Crippen LogP contribution in [-0.4, -0.2) is 74.5 Å². The number of benzene rings is 2. The molecule has 1 aliphatic heterocycles. The minimum atomic E-state index is -0.399. The monoisotopic (exact) mass is 409 g/mol. The molecule has 0 atom stereocenters. The van der Waals surface area contributed by atoms with Gasteiger partial charge < -0.3 is 10.2 Å². The van der Waals surface area contributed by atoms with E-state index in [2.05, 4.69) is 20.8 Å². The van der Waals surface area contributed by atoms with Gasteiger partial charge in [0.15, 0.2) is 0 Å². The summed E-state index contributed by atoms with van der Waals surface area (Å²) >= 11 is 0. The van der Waals surface area contributed by atoms with Crippen LogP contribution in [0.1, 0.15) is 10.4 Å². The minimum Gasteiger partial charge on any atom is -0.336 e. The third kappa shape index (κ3) is 4.66. The van der Waals surface area contributed by atoms with Gasteiger partial charge in [0.25, 0.3) is 5.91 Å². The summed E-state index contributed by atoms with van der Waals surface area (Å²) in [5.41, 5.74) is 1.69. The highest BCUT2D eigenvalue weighted by Gasteiger charge is 2.23. The highest BCUT2D eigenvalue weighted by atomic mass is 19.1. The van der Waals surface area contributed by atoms with Crippen molar-refractivity contribution in [2.45, 2.75) is 0 Å². The Morgan fingerprint density at radius 1 is 1.03 bits per heavy atom. The zero-order chi connectivity index (χ0) is 20.9. The molecule has 0 aliphatic carbocycles. The Labute approximate surface area is 172 Å². The Hall–Kier alpha value is -3.66. The molecule has 2 aromatic carbocycles. The molecule has 2 amide bonds. The predicted molar refractivity (Wildman–Crippen MR) is 107 cm³/mol. The van der Waals surface area contributed by atoms with E-state index in [1.54, 1.807) is 35.2 Å². The molecule has 0 unspecified atom stereocenters. The number of hydrogen-bond donors (Lipinski definition) is 1. The lowest BCUT2D eigenvalue weighted by Gasteiger charge is -2.34. The van der Waals surface area contributed by atoms with Crippen molar-refractivity contribution in [2.24, 2.45) is 0 Å². The van der Waals surface area contributed by atoms with E-state index in [1.807, 2.05) is 11.0 Å². The highest BCUT2D eigenvalue weighted by Crippen LogP contribution is 2.14. The molecule has 10 heteroatoms. The molecule has 0 bridgehead atoms. The summed E-state index contributed by atoms with van der Waals surface area (Å²) < 4.78 is 14.7. The van der Waals surface area contributed by atoms with Crippen LogP contribution in [-0.2, 0) is 4.79 Å². The molecular formula is C20H20FN7O2. The number of hydrogen-bond acceptors (Lipinski definition) is 6. The average molecular weight is 409 g/mol. The lowest BCUT2D eigenvalue weighted by atomic mass is 10.1. The van der Waals surface area contributed by atoms with Crippen LogP contribution < -0.4 is 5.32 Å². The number of nitrogens with one attached hydrogen (secondary N) is 1. The minimum absolute atomic E-state index is 0.0752. The van der Waals surface area contributed by atoms with Gasteiger partial charge in [-0.15, -0.1) is 5.10 Å². The van der Waals surface area contributed by atoms with Gasteiger partial charge in [0, 0.05) is 37.4 Å².